The number of benzene rings is 1. The Bertz CT molecular complexity index is 476. The lowest BCUT2D eigenvalue weighted by Gasteiger charge is -2.36. The van der Waals surface area contributed by atoms with Crippen molar-refractivity contribution >= 4 is 21.6 Å². The third kappa shape index (κ3) is 3.47. The van der Waals surface area contributed by atoms with Crippen molar-refractivity contribution in [1.29, 1.82) is 0 Å². The van der Waals surface area contributed by atoms with Crippen molar-refractivity contribution in [3.8, 4) is 0 Å². The molecule has 1 aromatic carbocycles. The van der Waals surface area contributed by atoms with E-state index in [1.54, 1.807) is 30.0 Å². The lowest BCUT2D eigenvalue weighted by atomic mass is 9.96. The Morgan fingerprint density at radius 3 is 2.70 bits per heavy atom. The van der Waals surface area contributed by atoms with Gasteiger partial charge >= 0.3 is 6.18 Å². The highest BCUT2D eigenvalue weighted by Crippen LogP contribution is 2.37. The summed E-state index contributed by atoms with van der Waals surface area (Å²) in [5.74, 6) is -1.29. The van der Waals surface area contributed by atoms with Gasteiger partial charge in [0, 0.05) is 28.8 Å². The quantitative estimate of drug-likeness (QED) is 0.859. The third-order valence-electron chi connectivity index (χ3n) is 3.66. The fourth-order valence-corrected chi connectivity index (χ4v) is 2.99. The number of halogens is 4. The van der Waals surface area contributed by atoms with Crippen molar-refractivity contribution in [1.82, 2.24) is 0 Å². The van der Waals surface area contributed by atoms with E-state index in [0.717, 1.165) is 4.47 Å². The van der Waals surface area contributed by atoms with Crippen molar-refractivity contribution < 1.29 is 18.3 Å². The molecule has 1 saturated heterocycles. The summed E-state index contributed by atoms with van der Waals surface area (Å²) < 4.78 is 39.4. The van der Waals surface area contributed by atoms with Crippen LogP contribution in [0.3, 0.4) is 0 Å². The number of hydrogen-bond donors (Lipinski definition) is 1. The zero-order chi connectivity index (χ0) is 14.9. The first-order chi connectivity index (χ1) is 9.29. The Labute approximate surface area is 124 Å². The number of aliphatic hydroxyl groups is 1. The van der Waals surface area contributed by atoms with Crippen LogP contribution in [0.5, 0.6) is 0 Å². The zero-order valence-corrected chi connectivity index (χ0v) is 12.7. The molecule has 0 radical (unpaired) electrons. The molecule has 0 spiro atoms. The van der Waals surface area contributed by atoms with Crippen LogP contribution in [0.4, 0.5) is 18.9 Å². The van der Waals surface area contributed by atoms with Crippen LogP contribution in [0.2, 0.25) is 0 Å². The van der Waals surface area contributed by atoms with Crippen LogP contribution < -0.4 is 4.90 Å². The van der Waals surface area contributed by atoms with Crippen LogP contribution in [-0.4, -0.2) is 24.4 Å². The molecule has 1 aromatic rings. The molecule has 6 heteroatoms. The van der Waals surface area contributed by atoms with Gasteiger partial charge in [0.25, 0.3) is 0 Å². The molecule has 2 rings (SSSR count). The molecule has 1 N–H and O–H groups in total. The molecule has 112 valence electrons. The predicted molar refractivity (Wildman–Crippen MR) is 75.8 cm³/mol. The molecule has 0 saturated carbocycles. The number of hydrogen-bond acceptors (Lipinski definition) is 2. The molecule has 0 amide bonds. The molecular formula is C14H17BrF3NO. The van der Waals surface area contributed by atoms with Gasteiger partial charge < -0.3 is 10.0 Å². The van der Waals surface area contributed by atoms with Crippen LogP contribution >= 0.6 is 15.9 Å². The highest BCUT2D eigenvalue weighted by Gasteiger charge is 2.42. The maximum absolute atomic E-state index is 12.9. The Morgan fingerprint density at radius 2 is 2.10 bits per heavy atom. The summed E-state index contributed by atoms with van der Waals surface area (Å²) in [4.78, 5) is 1.73. The van der Waals surface area contributed by atoms with E-state index in [9.17, 15) is 18.3 Å². The first kappa shape index (κ1) is 15.6. The van der Waals surface area contributed by atoms with Gasteiger partial charge in [-0.1, -0.05) is 15.9 Å². The van der Waals surface area contributed by atoms with Gasteiger partial charge in [0.15, 0.2) is 0 Å². The lowest BCUT2D eigenvalue weighted by Crippen LogP contribution is -2.42. The van der Waals surface area contributed by atoms with Crippen molar-refractivity contribution in [3.05, 3.63) is 28.2 Å². The lowest BCUT2D eigenvalue weighted by molar-refractivity contribution is -0.176. The number of alkyl halides is 3. The molecule has 20 heavy (non-hydrogen) atoms. The summed E-state index contributed by atoms with van der Waals surface area (Å²) in [7, 11) is 0. The van der Waals surface area contributed by atoms with Crippen LogP contribution in [0.15, 0.2) is 22.7 Å². The van der Waals surface area contributed by atoms with Gasteiger partial charge in [-0.3, -0.25) is 0 Å². The van der Waals surface area contributed by atoms with Gasteiger partial charge in [-0.25, -0.2) is 0 Å². The Kier molecular flexibility index (Phi) is 4.64. The summed E-state index contributed by atoms with van der Waals surface area (Å²) in [6.45, 7) is 2.18. The van der Waals surface area contributed by atoms with E-state index in [2.05, 4.69) is 15.9 Å². The smallest absolute Gasteiger partial charge is 0.389 e. The van der Waals surface area contributed by atoms with Gasteiger partial charge in [0.05, 0.1) is 12.0 Å². The van der Waals surface area contributed by atoms with Gasteiger partial charge in [-0.05, 0) is 38.0 Å². The maximum Gasteiger partial charge on any atom is 0.393 e. The number of anilines is 1. The first-order valence-corrected chi connectivity index (χ1v) is 7.37. The second kappa shape index (κ2) is 5.93. The van der Waals surface area contributed by atoms with Gasteiger partial charge in [0.2, 0.25) is 0 Å². The third-order valence-corrected chi connectivity index (χ3v) is 4.16. The molecule has 2 unspecified atom stereocenters. The first-order valence-electron chi connectivity index (χ1n) is 6.58. The fourth-order valence-electron chi connectivity index (χ4n) is 2.61. The van der Waals surface area contributed by atoms with Gasteiger partial charge in [-0.15, -0.1) is 0 Å². The molecule has 1 aliphatic rings. The molecule has 1 aliphatic heterocycles. The van der Waals surface area contributed by atoms with Crippen molar-refractivity contribution in [2.45, 2.75) is 32.0 Å². The molecule has 2 atom stereocenters. The molecule has 1 heterocycles. The second-order valence-electron chi connectivity index (χ2n) is 5.21. The minimum atomic E-state index is -4.15. The number of piperidine rings is 1. The molecular weight excluding hydrogens is 335 g/mol. The predicted octanol–water partition coefficient (Wildman–Crippen LogP) is 4.28. The Hall–Kier alpha value is -0.750. The van der Waals surface area contributed by atoms with Gasteiger partial charge in [0.1, 0.15) is 0 Å². The minimum absolute atomic E-state index is 0.0369. The summed E-state index contributed by atoms with van der Waals surface area (Å²) >= 11 is 3.32. The Balaban J connectivity index is 2.27. The van der Waals surface area contributed by atoms with E-state index in [1.807, 2.05) is 0 Å². The number of nitrogens with zero attached hydrogens (tertiary/aromatic N) is 1. The molecule has 1 fully saturated rings. The average molecular weight is 352 g/mol. The largest absolute Gasteiger partial charge is 0.393 e. The average Bonchev–Trinajstić information content (AvgIpc) is 2.37. The van der Waals surface area contributed by atoms with Crippen molar-refractivity contribution in [2.75, 3.05) is 18.0 Å². The van der Waals surface area contributed by atoms with Crippen LogP contribution in [0, 0.1) is 5.92 Å². The molecule has 0 bridgehead atoms. The second-order valence-corrected chi connectivity index (χ2v) is 6.12. The zero-order valence-electron chi connectivity index (χ0n) is 11.1. The standard InChI is InChI=1S/C14H17BrF3NO/c1-9(20)12-7-11(15)4-5-13(12)19-6-2-3-10(8-19)14(16,17)18/h4-5,7,9-10,20H,2-3,6,8H2,1H3. The van der Waals surface area contributed by atoms with Crippen molar-refractivity contribution in [2.24, 2.45) is 5.92 Å². The van der Waals surface area contributed by atoms with Gasteiger partial charge in [-0.2, -0.15) is 13.2 Å². The normalized spacial score (nSPS) is 21.9. The van der Waals surface area contributed by atoms with E-state index in [-0.39, 0.29) is 13.0 Å². The monoisotopic (exact) mass is 351 g/mol. The minimum Gasteiger partial charge on any atom is -0.389 e. The summed E-state index contributed by atoms with van der Waals surface area (Å²) in [5, 5.41) is 9.82. The van der Waals surface area contributed by atoms with E-state index in [4.69, 9.17) is 0 Å². The summed E-state index contributed by atoms with van der Waals surface area (Å²) in [6, 6.07) is 5.32. The maximum atomic E-state index is 12.9. The molecule has 0 aliphatic carbocycles. The van der Waals surface area contributed by atoms with E-state index in [1.165, 1.54) is 0 Å². The topological polar surface area (TPSA) is 23.5 Å². The molecule has 0 aromatic heterocycles. The number of aliphatic hydroxyl groups excluding tert-OH is 1. The summed E-state index contributed by atoms with van der Waals surface area (Å²) in [5.41, 5.74) is 1.35. The SMILES string of the molecule is CC(O)c1cc(Br)ccc1N1CCCC(C(F)(F)F)C1. The van der Waals surface area contributed by atoms with E-state index < -0.39 is 18.2 Å². The summed E-state index contributed by atoms with van der Waals surface area (Å²) in [6.07, 6.45) is -4.17. The van der Waals surface area contributed by atoms with E-state index >= 15 is 0 Å². The van der Waals surface area contributed by atoms with Crippen molar-refractivity contribution in [3.63, 3.8) is 0 Å². The highest BCUT2D eigenvalue weighted by atomic mass is 79.9. The Morgan fingerprint density at radius 1 is 1.40 bits per heavy atom. The fraction of sp³-hybridized carbons (Fsp3) is 0.571. The van der Waals surface area contributed by atoms with Crippen LogP contribution in [0.1, 0.15) is 31.4 Å². The highest BCUT2D eigenvalue weighted by molar-refractivity contribution is 9.10. The molecule has 2 nitrogen and oxygen atoms in total. The number of rotatable bonds is 2. The van der Waals surface area contributed by atoms with Crippen LogP contribution in [-0.2, 0) is 0 Å². The van der Waals surface area contributed by atoms with Crippen LogP contribution in [0.25, 0.3) is 0 Å². The van der Waals surface area contributed by atoms with E-state index in [0.29, 0.717) is 24.2 Å².